The van der Waals surface area contributed by atoms with E-state index in [1.165, 1.54) is 18.2 Å². The van der Waals surface area contributed by atoms with Crippen LogP contribution in [0.15, 0.2) is 24.4 Å². The third-order valence-corrected chi connectivity index (χ3v) is 6.25. The van der Waals surface area contributed by atoms with Crippen molar-refractivity contribution in [3.8, 4) is 5.88 Å². The first-order valence-electron chi connectivity index (χ1n) is 11.7. The number of rotatable bonds is 11. The number of ether oxygens (including phenoxy) is 1. The molecule has 0 saturated heterocycles. The second kappa shape index (κ2) is 11.3. The number of fused-ring (bicyclic) bond motifs is 3. The fraction of sp³-hybridized carbons (Fsp3) is 0.458. The van der Waals surface area contributed by atoms with E-state index >= 15 is 8.78 Å². The van der Waals surface area contributed by atoms with Crippen molar-refractivity contribution in [2.45, 2.75) is 31.0 Å². The van der Waals surface area contributed by atoms with E-state index in [1.54, 1.807) is 0 Å². The number of hydrogen-bond donors (Lipinski definition) is 4. The van der Waals surface area contributed by atoms with Gasteiger partial charge in [0.2, 0.25) is 0 Å². The van der Waals surface area contributed by atoms with Crippen LogP contribution in [0.1, 0.15) is 29.3 Å². The van der Waals surface area contributed by atoms with Crippen molar-refractivity contribution < 1.29 is 36.2 Å². The van der Waals surface area contributed by atoms with Crippen LogP contribution < -0.4 is 15.8 Å². The molecule has 2 aromatic heterocycles. The van der Waals surface area contributed by atoms with Gasteiger partial charge in [-0.3, -0.25) is 9.29 Å². The number of nitrogens with one attached hydrogen (secondary N) is 2. The molecule has 3 heterocycles. The van der Waals surface area contributed by atoms with Gasteiger partial charge in [-0.05, 0) is 36.7 Å². The molecule has 37 heavy (non-hydrogen) atoms. The highest BCUT2D eigenvalue weighted by Crippen LogP contribution is 2.43. The fourth-order valence-electron chi connectivity index (χ4n) is 4.56. The quantitative estimate of drug-likeness (QED) is 0.224. The number of H-pyrrole nitrogens is 1. The molecule has 0 radical (unpaired) electrons. The van der Waals surface area contributed by atoms with E-state index in [9.17, 15) is 17.6 Å². The Morgan fingerprint density at radius 1 is 1.24 bits per heavy atom. The number of nitrogens with zero attached hydrogens (tertiary/aromatic N) is 2. The number of alkyl halides is 3. The van der Waals surface area contributed by atoms with Gasteiger partial charge >= 0.3 is 0 Å². The van der Waals surface area contributed by atoms with Crippen LogP contribution in [0.4, 0.5) is 26.3 Å². The van der Waals surface area contributed by atoms with E-state index in [1.807, 2.05) is 0 Å². The van der Waals surface area contributed by atoms with Gasteiger partial charge in [-0.25, -0.2) is 26.9 Å². The molecular weight excluding hydrogens is 504 g/mol. The minimum Gasteiger partial charge on any atom is -0.474 e. The summed E-state index contributed by atoms with van der Waals surface area (Å²) in [7, 11) is 0. The first-order valence-corrected chi connectivity index (χ1v) is 11.7. The van der Waals surface area contributed by atoms with Crippen LogP contribution in [0.25, 0.3) is 10.9 Å². The summed E-state index contributed by atoms with van der Waals surface area (Å²) in [5, 5.41) is 12.5. The molecule has 7 nitrogen and oxygen atoms in total. The normalized spacial score (nSPS) is 18.4. The molecule has 5 N–H and O–H groups in total. The maximum absolute atomic E-state index is 15.7. The van der Waals surface area contributed by atoms with Crippen molar-refractivity contribution >= 4 is 10.9 Å². The molecule has 13 heteroatoms. The monoisotopic (exact) mass is 531 g/mol. The lowest BCUT2D eigenvalue weighted by molar-refractivity contribution is -0.0879. The minimum atomic E-state index is -3.63. The van der Waals surface area contributed by atoms with Crippen LogP contribution in [0.3, 0.4) is 0 Å². The van der Waals surface area contributed by atoms with Crippen molar-refractivity contribution in [3.63, 3.8) is 0 Å². The summed E-state index contributed by atoms with van der Waals surface area (Å²) in [5.74, 6) is -7.07. The average Bonchev–Trinajstić information content (AvgIpc) is 3.21. The number of aliphatic hydroxyl groups is 1. The number of hydrogen-bond acceptors (Lipinski definition) is 6. The molecule has 0 spiro atoms. The molecule has 1 aliphatic rings. The Bertz CT molecular complexity index is 1240. The van der Waals surface area contributed by atoms with Gasteiger partial charge in [-0.1, -0.05) is 0 Å². The highest BCUT2D eigenvalue weighted by Gasteiger charge is 2.44. The SMILES string of the molecule is N[C@@H]1Cc2c([nH]c3ccc(F)cc23)[C@@H](c2c(F)cnc(OCCNCCCF)c2F)N1CC(F)(F)CO. The van der Waals surface area contributed by atoms with Crippen LogP contribution in [0, 0.1) is 17.5 Å². The average molecular weight is 532 g/mol. The molecule has 2 atom stereocenters. The molecule has 0 aliphatic carbocycles. The lowest BCUT2D eigenvalue weighted by Crippen LogP contribution is -2.54. The third-order valence-electron chi connectivity index (χ3n) is 6.25. The van der Waals surface area contributed by atoms with Gasteiger partial charge in [0, 0.05) is 29.6 Å². The molecule has 0 fully saturated rings. The molecule has 1 aromatic carbocycles. The summed E-state index contributed by atoms with van der Waals surface area (Å²) < 4.78 is 91.1. The van der Waals surface area contributed by atoms with E-state index in [4.69, 9.17) is 15.6 Å². The zero-order valence-electron chi connectivity index (χ0n) is 19.7. The summed E-state index contributed by atoms with van der Waals surface area (Å²) in [6.07, 6.45) is -0.151. The number of pyridine rings is 1. The number of halogens is 6. The molecule has 0 bridgehead atoms. The highest BCUT2D eigenvalue weighted by atomic mass is 19.3. The maximum atomic E-state index is 15.7. The predicted octanol–water partition coefficient (Wildman–Crippen LogP) is 3.17. The van der Waals surface area contributed by atoms with Crippen LogP contribution in [-0.2, 0) is 6.42 Å². The van der Waals surface area contributed by atoms with Gasteiger partial charge in [-0.15, -0.1) is 0 Å². The fourth-order valence-corrected chi connectivity index (χ4v) is 4.56. The van der Waals surface area contributed by atoms with Gasteiger partial charge in [-0.2, -0.15) is 0 Å². The Hall–Kier alpha value is -2.87. The van der Waals surface area contributed by atoms with Crippen LogP contribution >= 0.6 is 0 Å². The second-order valence-corrected chi connectivity index (χ2v) is 8.85. The smallest absolute Gasteiger partial charge is 0.283 e. The highest BCUT2D eigenvalue weighted by molar-refractivity contribution is 5.85. The number of benzene rings is 1. The number of nitrogens with two attached hydrogens (primary N) is 1. The van der Waals surface area contributed by atoms with Gasteiger partial charge in [0.1, 0.15) is 24.8 Å². The molecule has 3 aromatic rings. The minimum absolute atomic E-state index is 0.0149. The van der Waals surface area contributed by atoms with Gasteiger partial charge in [0.25, 0.3) is 11.8 Å². The van der Waals surface area contributed by atoms with Crippen LogP contribution in [0.2, 0.25) is 0 Å². The molecule has 202 valence electrons. The van der Waals surface area contributed by atoms with Crippen molar-refractivity contribution in [2.75, 3.05) is 39.5 Å². The topological polar surface area (TPSA) is 99.4 Å². The van der Waals surface area contributed by atoms with E-state index in [0.29, 0.717) is 29.4 Å². The van der Waals surface area contributed by atoms with Gasteiger partial charge in [0.15, 0.2) is 5.82 Å². The van der Waals surface area contributed by atoms with Crippen molar-refractivity contribution in [1.82, 2.24) is 20.2 Å². The van der Waals surface area contributed by atoms with Gasteiger partial charge < -0.3 is 25.9 Å². The zero-order valence-corrected chi connectivity index (χ0v) is 19.7. The summed E-state index contributed by atoms with van der Waals surface area (Å²) in [5.41, 5.74) is 6.63. The zero-order chi connectivity index (χ0) is 26.7. The number of aromatic amines is 1. The summed E-state index contributed by atoms with van der Waals surface area (Å²) in [6, 6.07) is 2.37. The largest absolute Gasteiger partial charge is 0.474 e. The Kier molecular flexibility index (Phi) is 8.26. The maximum Gasteiger partial charge on any atom is 0.283 e. The Labute approximate surface area is 208 Å². The Balaban J connectivity index is 1.77. The molecule has 1 aliphatic heterocycles. The molecule has 0 unspecified atom stereocenters. The van der Waals surface area contributed by atoms with E-state index in [2.05, 4.69) is 15.3 Å². The summed E-state index contributed by atoms with van der Waals surface area (Å²) in [6.45, 7) is -2.57. The van der Waals surface area contributed by atoms with Crippen LogP contribution in [0.5, 0.6) is 5.88 Å². The summed E-state index contributed by atoms with van der Waals surface area (Å²) >= 11 is 0. The molecule has 4 rings (SSSR count). The molecular formula is C24H27F6N5O2. The third kappa shape index (κ3) is 5.69. The van der Waals surface area contributed by atoms with E-state index in [0.717, 1.165) is 11.1 Å². The van der Waals surface area contributed by atoms with Crippen molar-refractivity contribution in [2.24, 2.45) is 5.73 Å². The Morgan fingerprint density at radius 2 is 2.03 bits per heavy atom. The van der Waals surface area contributed by atoms with E-state index in [-0.39, 0.29) is 25.3 Å². The standard InChI is InChI=1S/C24H27F6N5O2/c25-4-1-5-32-6-7-37-23-20(28)19(16(27)10-33-23)22-21-15(14-8-13(26)2-3-17(14)34-21)9-18(31)35(22)11-24(29,30)12-36/h2-3,8,10,18,22,32,34,36H,1,4-7,9,11-12,31H2/t18-,22+/m0/s1. The lowest BCUT2D eigenvalue weighted by atomic mass is 9.90. The second-order valence-electron chi connectivity index (χ2n) is 8.85. The van der Waals surface area contributed by atoms with Gasteiger partial charge in [0.05, 0.1) is 37.2 Å². The van der Waals surface area contributed by atoms with E-state index < -0.39 is 66.9 Å². The molecule has 0 saturated carbocycles. The first-order chi connectivity index (χ1) is 17.7. The van der Waals surface area contributed by atoms with Crippen LogP contribution in [-0.4, -0.2) is 71.6 Å². The lowest BCUT2D eigenvalue weighted by Gasteiger charge is -2.41. The molecule has 0 amide bonds. The van der Waals surface area contributed by atoms with Crippen molar-refractivity contribution in [1.29, 1.82) is 0 Å². The number of aliphatic hydroxyl groups excluding tert-OH is 1. The summed E-state index contributed by atoms with van der Waals surface area (Å²) in [4.78, 5) is 7.63. The first kappa shape index (κ1) is 27.2. The number of aromatic nitrogens is 2. The Morgan fingerprint density at radius 3 is 2.76 bits per heavy atom. The predicted molar refractivity (Wildman–Crippen MR) is 124 cm³/mol. The van der Waals surface area contributed by atoms with Crippen molar-refractivity contribution in [3.05, 3.63) is 58.7 Å².